The van der Waals surface area contributed by atoms with E-state index in [9.17, 15) is 17.6 Å². The molecule has 0 aliphatic carbocycles. The van der Waals surface area contributed by atoms with Crippen molar-refractivity contribution in [1.29, 1.82) is 0 Å². The fraction of sp³-hybridized carbons (Fsp3) is 0.286. The molecule has 0 bridgehead atoms. The van der Waals surface area contributed by atoms with Crippen molar-refractivity contribution in [2.45, 2.75) is 41.7 Å². The molecule has 1 N–H and O–H groups in total. The molecule has 0 radical (unpaired) electrons. The molecule has 31 heavy (non-hydrogen) atoms. The van der Waals surface area contributed by atoms with Gasteiger partial charge in [-0.15, -0.1) is 16.9 Å². The Labute approximate surface area is 184 Å². The summed E-state index contributed by atoms with van der Waals surface area (Å²) in [7, 11) is -3.71. The summed E-state index contributed by atoms with van der Waals surface area (Å²) in [6.45, 7) is 4.26. The number of amides is 1. The van der Waals surface area contributed by atoms with Crippen LogP contribution in [0.4, 0.5) is 10.4 Å². The van der Waals surface area contributed by atoms with Crippen molar-refractivity contribution in [1.82, 2.24) is 10.2 Å². The summed E-state index contributed by atoms with van der Waals surface area (Å²) in [5, 5.41) is 10.6. The minimum absolute atomic E-state index is 0.0420. The van der Waals surface area contributed by atoms with Crippen LogP contribution in [-0.4, -0.2) is 35.5 Å². The van der Waals surface area contributed by atoms with Crippen molar-refractivity contribution in [3.05, 3.63) is 65.8 Å². The number of carbonyl (C=O) groups excluding carboxylic acids is 1. The molecule has 2 aromatic carbocycles. The average Bonchev–Trinajstić information content (AvgIpc) is 3.14. The summed E-state index contributed by atoms with van der Waals surface area (Å²) >= 11 is 1.77. The van der Waals surface area contributed by atoms with E-state index >= 15 is 0 Å². The lowest BCUT2D eigenvalue weighted by atomic mass is 10.1. The lowest BCUT2D eigenvalue weighted by Gasteiger charge is -2.05. The Morgan fingerprint density at radius 2 is 1.77 bits per heavy atom. The zero-order chi connectivity index (χ0) is 22.4. The highest BCUT2D eigenvalue weighted by molar-refractivity contribution is 7.99. The first kappa shape index (κ1) is 23.0. The number of carbonyl (C=O) groups is 1. The number of hydrogen-bond donors (Lipinski definition) is 1. The average molecular weight is 464 g/mol. The molecule has 0 atom stereocenters. The topological polar surface area (TPSA) is 102 Å². The van der Waals surface area contributed by atoms with Crippen molar-refractivity contribution in [3.8, 4) is 0 Å². The van der Waals surface area contributed by atoms with E-state index in [2.05, 4.69) is 29.4 Å². The van der Waals surface area contributed by atoms with E-state index in [-0.39, 0.29) is 17.3 Å². The Balaban J connectivity index is 1.52. The number of halogens is 1. The van der Waals surface area contributed by atoms with Gasteiger partial charge >= 0.3 is 6.01 Å². The molecule has 1 aromatic heterocycles. The van der Waals surface area contributed by atoms with Crippen molar-refractivity contribution in [2.75, 3.05) is 11.1 Å². The standard InChI is InChI=1S/C21H22FN3O4S2/c1-14(2)30-17-7-3-15(4-8-17)13-20-24-25-21(29-20)23-19(26)11-12-31(27,28)18-9-5-16(22)6-10-18/h3-10,14H,11-13H2,1-2H3,(H,23,25,26). The summed E-state index contributed by atoms with van der Waals surface area (Å²) in [6, 6.07) is 12.4. The Bertz CT molecular complexity index is 1130. The molecule has 0 fully saturated rings. The number of aromatic nitrogens is 2. The second-order valence-corrected chi connectivity index (χ2v) is 10.8. The molecule has 0 aliphatic heterocycles. The molecule has 0 saturated carbocycles. The van der Waals surface area contributed by atoms with Crippen molar-refractivity contribution < 1.29 is 22.0 Å². The summed E-state index contributed by atoms with van der Waals surface area (Å²) in [4.78, 5) is 13.2. The van der Waals surface area contributed by atoms with Gasteiger partial charge in [0.2, 0.25) is 11.8 Å². The van der Waals surface area contributed by atoms with E-state index in [4.69, 9.17) is 4.42 Å². The summed E-state index contributed by atoms with van der Waals surface area (Å²) in [5.41, 5.74) is 0.986. The predicted octanol–water partition coefficient (Wildman–Crippen LogP) is 4.10. The van der Waals surface area contributed by atoms with Gasteiger partial charge in [0.05, 0.1) is 17.1 Å². The number of nitrogens with zero attached hydrogens (tertiary/aromatic N) is 2. The van der Waals surface area contributed by atoms with Gasteiger partial charge in [0.25, 0.3) is 0 Å². The van der Waals surface area contributed by atoms with Gasteiger partial charge in [-0.05, 0) is 42.0 Å². The maximum atomic E-state index is 13.0. The van der Waals surface area contributed by atoms with Crippen LogP contribution in [0, 0.1) is 5.82 Å². The van der Waals surface area contributed by atoms with Crippen molar-refractivity contribution in [2.24, 2.45) is 0 Å². The number of hydrogen-bond acceptors (Lipinski definition) is 7. The van der Waals surface area contributed by atoms with E-state index in [1.54, 1.807) is 11.8 Å². The Kier molecular flexibility index (Phi) is 7.45. The van der Waals surface area contributed by atoms with Crippen LogP contribution in [0.1, 0.15) is 31.7 Å². The van der Waals surface area contributed by atoms with Crippen molar-refractivity contribution >= 4 is 33.5 Å². The molecule has 3 rings (SSSR count). The minimum Gasteiger partial charge on any atom is -0.407 e. The molecule has 1 amide bonds. The maximum Gasteiger partial charge on any atom is 0.322 e. The smallest absolute Gasteiger partial charge is 0.322 e. The number of thioether (sulfide) groups is 1. The molecule has 3 aromatic rings. The maximum absolute atomic E-state index is 13.0. The lowest BCUT2D eigenvalue weighted by Crippen LogP contribution is -2.17. The first-order valence-corrected chi connectivity index (χ1v) is 12.1. The fourth-order valence-electron chi connectivity index (χ4n) is 2.68. The van der Waals surface area contributed by atoms with Crippen LogP contribution in [0.25, 0.3) is 0 Å². The molecular formula is C21H22FN3O4S2. The van der Waals surface area contributed by atoms with Crippen LogP contribution >= 0.6 is 11.8 Å². The number of benzene rings is 2. The molecule has 0 saturated heterocycles. The molecule has 7 nitrogen and oxygen atoms in total. The quantitative estimate of drug-likeness (QED) is 0.376. The van der Waals surface area contributed by atoms with Gasteiger partial charge in [0.15, 0.2) is 9.84 Å². The van der Waals surface area contributed by atoms with Crippen LogP contribution < -0.4 is 5.32 Å². The van der Waals surface area contributed by atoms with Crippen LogP contribution in [0.5, 0.6) is 0 Å². The first-order chi connectivity index (χ1) is 14.7. The molecule has 0 unspecified atom stereocenters. The van der Waals surface area contributed by atoms with Gasteiger partial charge < -0.3 is 4.42 Å². The van der Waals surface area contributed by atoms with Crippen molar-refractivity contribution in [3.63, 3.8) is 0 Å². The Morgan fingerprint density at radius 3 is 2.42 bits per heavy atom. The molecule has 10 heteroatoms. The van der Waals surface area contributed by atoms with Crippen LogP contribution in [-0.2, 0) is 21.1 Å². The zero-order valence-electron chi connectivity index (χ0n) is 17.0. The SMILES string of the molecule is CC(C)Sc1ccc(Cc2nnc(NC(=O)CCS(=O)(=O)c3ccc(F)cc3)o2)cc1. The highest BCUT2D eigenvalue weighted by Gasteiger charge is 2.18. The third-order valence-corrected chi connectivity index (χ3v) is 6.88. The second kappa shape index (κ2) is 10.1. The van der Waals surface area contributed by atoms with Crippen LogP contribution in [0.3, 0.4) is 0 Å². The zero-order valence-corrected chi connectivity index (χ0v) is 18.7. The molecule has 164 valence electrons. The van der Waals surface area contributed by atoms with Gasteiger partial charge in [-0.2, -0.15) is 0 Å². The van der Waals surface area contributed by atoms with E-state index < -0.39 is 27.3 Å². The first-order valence-electron chi connectivity index (χ1n) is 9.57. The molecule has 1 heterocycles. The minimum atomic E-state index is -3.71. The van der Waals surface area contributed by atoms with Gasteiger partial charge in [0.1, 0.15) is 5.82 Å². The fourth-order valence-corrected chi connectivity index (χ4v) is 4.75. The molecule has 0 aliphatic rings. The van der Waals surface area contributed by atoms with Gasteiger partial charge in [0, 0.05) is 16.6 Å². The van der Waals surface area contributed by atoms with E-state index in [1.807, 2.05) is 24.3 Å². The third kappa shape index (κ3) is 6.90. The van der Waals surface area contributed by atoms with Gasteiger partial charge in [-0.3, -0.25) is 10.1 Å². The largest absolute Gasteiger partial charge is 0.407 e. The van der Waals surface area contributed by atoms with Gasteiger partial charge in [-0.25, -0.2) is 12.8 Å². The van der Waals surface area contributed by atoms with E-state index in [0.29, 0.717) is 17.6 Å². The Morgan fingerprint density at radius 1 is 1.10 bits per heavy atom. The van der Waals surface area contributed by atoms with Crippen LogP contribution in [0.15, 0.2) is 62.7 Å². The second-order valence-electron chi connectivity index (χ2n) is 7.06. The van der Waals surface area contributed by atoms with E-state index in [1.165, 1.54) is 17.0 Å². The highest BCUT2D eigenvalue weighted by atomic mass is 32.2. The third-order valence-electron chi connectivity index (χ3n) is 4.13. The lowest BCUT2D eigenvalue weighted by molar-refractivity contribution is -0.116. The monoisotopic (exact) mass is 463 g/mol. The predicted molar refractivity (Wildman–Crippen MR) is 116 cm³/mol. The van der Waals surface area contributed by atoms with Gasteiger partial charge in [-0.1, -0.05) is 31.1 Å². The summed E-state index contributed by atoms with van der Waals surface area (Å²) < 4.78 is 42.9. The normalized spacial score (nSPS) is 11.6. The number of anilines is 1. The summed E-state index contributed by atoms with van der Waals surface area (Å²) in [6.07, 6.45) is 0.112. The van der Waals surface area contributed by atoms with E-state index in [0.717, 1.165) is 17.7 Å². The Hall–Kier alpha value is -2.72. The number of nitrogens with one attached hydrogen (secondary N) is 1. The molecule has 0 spiro atoms. The highest BCUT2D eigenvalue weighted by Crippen LogP contribution is 2.23. The van der Waals surface area contributed by atoms with Crippen LogP contribution in [0.2, 0.25) is 0 Å². The number of sulfone groups is 1. The molecular weight excluding hydrogens is 441 g/mol. The summed E-state index contributed by atoms with van der Waals surface area (Å²) in [5.74, 6) is -1.20. The number of rotatable bonds is 9.